The van der Waals surface area contributed by atoms with Gasteiger partial charge in [-0.05, 0) is 37.2 Å². The fourth-order valence-corrected chi connectivity index (χ4v) is 2.26. The summed E-state index contributed by atoms with van der Waals surface area (Å²) >= 11 is 0. The van der Waals surface area contributed by atoms with Gasteiger partial charge in [-0.25, -0.2) is 5.01 Å². The Balaban J connectivity index is 1.74. The Kier molecular flexibility index (Phi) is 3.75. The van der Waals surface area contributed by atoms with Gasteiger partial charge in [0.05, 0.1) is 0 Å². The molecular weight excluding hydrogens is 184 g/mol. The molecule has 0 bridgehead atoms. The number of hydrazine groups is 1. The lowest BCUT2D eigenvalue weighted by Crippen LogP contribution is -2.38. The van der Waals surface area contributed by atoms with Crippen LogP contribution in [0.15, 0.2) is 30.3 Å². The van der Waals surface area contributed by atoms with E-state index in [4.69, 9.17) is 5.84 Å². The second kappa shape index (κ2) is 5.29. The number of nitrogens with zero attached hydrogens (tertiary/aromatic N) is 1. The van der Waals surface area contributed by atoms with Gasteiger partial charge in [-0.1, -0.05) is 30.3 Å². The normalized spacial score (nSPS) is 19.3. The van der Waals surface area contributed by atoms with Crippen LogP contribution in [0.5, 0.6) is 0 Å². The molecule has 0 saturated carbocycles. The molecule has 0 aliphatic carbocycles. The van der Waals surface area contributed by atoms with Crippen LogP contribution in [0.2, 0.25) is 0 Å². The Morgan fingerprint density at radius 3 is 2.47 bits per heavy atom. The summed E-state index contributed by atoms with van der Waals surface area (Å²) in [5.41, 5.74) is 1.47. The molecule has 2 rings (SSSR count). The van der Waals surface area contributed by atoms with E-state index < -0.39 is 0 Å². The first-order chi connectivity index (χ1) is 7.34. The van der Waals surface area contributed by atoms with Crippen molar-refractivity contribution in [1.82, 2.24) is 5.01 Å². The molecule has 1 fully saturated rings. The van der Waals surface area contributed by atoms with Gasteiger partial charge in [0.15, 0.2) is 0 Å². The summed E-state index contributed by atoms with van der Waals surface area (Å²) in [5, 5.41) is 1.94. The van der Waals surface area contributed by atoms with Crippen molar-refractivity contribution >= 4 is 0 Å². The lowest BCUT2D eigenvalue weighted by Gasteiger charge is -2.28. The molecule has 1 aromatic carbocycles. The van der Waals surface area contributed by atoms with E-state index in [2.05, 4.69) is 30.3 Å². The molecule has 1 saturated heterocycles. The van der Waals surface area contributed by atoms with Gasteiger partial charge in [-0.15, -0.1) is 0 Å². The van der Waals surface area contributed by atoms with Crippen molar-refractivity contribution in [3.8, 4) is 0 Å². The van der Waals surface area contributed by atoms with Gasteiger partial charge in [0.25, 0.3) is 0 Å². The SMILES string of the molecule is NN1CCC(CCc2ccccc2)CC1. The standard InChI is InChI=1S/C13H20N2/c14-15-10-8-13(9-11-15)7-6-12-4-2-1-3-5-12/h1-5,13H,6-11,14H2. The third-order valence-electron chi connectivity index (χ3n) is 3.33. The van der Waals surface area contributed by atoms with Crippen LogP contribution >= 0.6 is 0 Å². The molecule has 0 unspecified atom stereocenters. The predicted octanol–water partition coefficient (Wildman–Crippen LogP) is 2.20. The zero-order chi connectivity index (χ0) is 10.5. The highest BCUT2D eigenvalue weighted by Gasteiger charge is 2.16. The van der Waals surface area contributed by atoms with E-state index in [1.807, 2.05) is 5.01 Å². The third-order valence-corrected chi connectivity index (χ3v) is 3.33. The van der Waals surface area contributed by atoms with Gasteiger partial charge in [-0.3, -0.25) is 5.84 Å². The molecule has 2 nitrogen and oxygen atoms in total. The second-order valence-electron chi connectivity index (χ2n) is 4.50. The maximum Gasteiger partial charge on any atom is 0.0131 e. The first-order valence-electron chi connectivity index (χ1n) is 5.88. The van der Waals surface area contributed by atoms with Crippen LogP contribution in [0.4, 0.5) is 0 Å². The molecule has 0 amide bonds. The maximum atomic E-state index is 5.74. The van der Waals surface area contributed by atoms with Gasteiger partial charge >= 0.3 is 0 Å². The van der Waals surface area contributed by atoms with E-state index in [9.17, 15) is 0 Å². The summed E-state index contributed by atoms with van der Waals surface area (Å²) in [7, 11) is 0. The van der Waals surface area contributed by atoms with Gasteiger partial charge in [0, 0.05) is 13.1 Å². The first kappa shape index (κ1) is 10.7. The molecule has 82 valence electrons. The molecule has 0 radical (unpaired) electrons. The molecule has 1 heterocycles. The van der Waals surface area contributed by atoms with Crippen molar-refractivity contribution < 1.29 is 0 Å². The van der Waals surface area contributed by atoms with E-state index in [0.29, 0.717) is 0 Å². The van der Waals surface area contributed by atoms with Crippen molar-refractivity contribution in [3.63, 3.8) is 0 Å². The Bertz CT molecular complexity index is 276. The highest BCUT2D eigenvalue weighted by atomic mass is 15.4. The molecule has 0 atom stereocenters. The number of benzene rings is 1. The van der Waals surface area contributed by atoms with Crippen molar-refractivity contribution in [1.29, 1.82) is 0 Å². The molecule has 2 N–H and O–H groups in total. The summed E-state index contributed by atoms with van der Waals surface area (Å²) < 4.78 is 0. The lowest BCUT2D eigenvalue weighted by molar-refractivity contribution is 0.182. The Morgan fingerprint density at radius 1 is 1.13 bits per heavy atom. The minimum absolute atomic E-state index is 0.880. The van der Waals surface area contributed by atoms with Gasteiger partial charge in [0.2, 0.25) is 0 Å². The van der Waals surface area contributed by atoms with Crippen LogP contribution < -0.4 is 5.84 Å². The number of rotatable bonds is 3. The summed E-state index contributed by atoms with van der Waals surface area (Å²) in [5.74, 6) is 6.62. The molecule has 1 aromatic rings. The van der Waals surface area contributed by atoms with Crippen LogP contribution in [0, 0.1) is 5.92 Å². The zero-order valence-corrected chi connectivity index (χ0v) is 9.23. The van der Waals surface area contributed by atoms with Crippen LogP contribution in [0.1, 0.15) is 24.8 Å². The number of aryl methyl sites for hydroxylation is 1. The van der Waals surface area contributed by atoms with Crippen molar-refractivity contribution in [2.75, 3.05) is 13.1 Å². The second-order valence-corrected chi connectivity index (χ2v) is 4.50. The maximum absolute atomic E-state index is 5.74. The smallest absolute Gasteiger partial charge is 0.0131 e. The van der Waals surface area contributed by atoms with E-state index in [-0.39, 0.29) is 0 Å². The van der Waals surface area contributed by atoms with Crippen LogP contribution in [-0.4, -0.2) is 18.1 Å². The van der Waals surface area contributed by atoms with Crippen LogP contribution in [0.25, 0.3) is 0 Å². The largest absolute Gasteiger partial charge is 0.269 e. The Hall–Kier alpha value is -0.860. The van der Waals surface area contributed by atoms with Gasteiger partial charge < -0.3 is 0 Å². The Labute approximate surface area is 92.1 Å². The fraction of sp³-hybridized carbons (Fsp3) is 0.538. The predicted molar refractivity (Wildman–Crippen MR) is 63.2 cm³/mol. The number of hydrogen-bond donors (Lipinski definition) is 1. The van der Waals surface area contributed by atoms with Crippen LogP contribution in [0.3, 0.4) is 0 Å². The number of hydrogen-bond acceptors (Lipinski definition) is 2. The monoisotopic (exact) mass is 204 g/mol. The first-order valence-corrected chi connectivity index (χ1v) is 5.88. The van der Waals surface area contributed by atoms with Crippen LogP contribution in [-0.2, 0) is 6.42 Å². The van der Waals surface area contributed by atoms with E-state index in [1.165, 1.54) is 31.2 Å². The zero-order valence-electron chi connectivity index (χ0n) is 9.23. The van der Waals surface area contributed by atoms with Crippen molar-refractivity contribution in [3.05, 3.63) is 35.9 Å². The highest BCUT2D eigenvalue weighted by Crippen LogP contribution is 2.20. The molecular formula is C13H20N2. The summed E-state index contributed by atoms with van der Waals surface area (Å²) in [6, 6.07) is 10.8. The third kappa shape index (κ3) is 3.33. The average Bonchev–Trinajstić information content (AvgIpc) is 2.30. The Morgan fingerprint density at radius 2 is 1.80 bits per heavy atom. The van der Waals surface area contributed by atoms with Gasteiger partial charge in [-0.2, -0.15) is 0 Å². The highest BCUT2D eigenvalue weighted by molar-refractivity contribution is 5.14. The minimum atomic E-state index is 0.880. The molecule has 2 heteroatoms. The summed E-state index contributed by atoms with van der Waals surface area (Å²) in [6.45, 7) is 2.14. The quantitative estimate of drug-likeness (QED) is 0.765. The molecule has 0 aromatic heterocycles. The summed E-state index contributed by atoms with van der Waals surface area (Å²) in [6.07, 6.45) is 5.07. The molecule has 15 heavy (non-hydrogen) atoms. The topological polar surface area (TPSA) is 29.3 Å². The summed E-state index contributed by atoms with van der Waals surface area (Å²) in [4.78, 5) is 0. The minimum Gasteiger partial charge on any atom is -0.269 e. The molecule has 0 spiro atoms. The van der Waals surface area contributed by atoms with Gasteiger partial charge in [0.1, 0.15) is 0 Å². The van der Waals surface area contributed by atoms with E-state index in [1.54, 1.807) is 0 Å². The van der Waals surface area contributed by atoms with Crippen molar-refractivity contribution in [2.24, 2.45) is 11.8 Å². The van der Waals surface area contributed by atoms with E-state index in [0.717, 1.165) is 19.0 Å². The number of nitrogens with two attached hydrogens (primary N) is 1. The average molecular weight is 204 g/mol. The molecule has 1 aliphatic rings. The lowest BCUT2D eigenvalue weighted by atomic mass is 9.91. The number of piperidine rings is 1. The van der Waals surface area contributed by atoms with Crippen molar-refractivity contribution in [2.45, 2.75) is 25.7 Å². The molecule has 1 aliphatic heterocycles. The fourth-order valence-electron chi connectivity index (χ4n) is 2.26. The van der Waals surface area contributed by atoms with E-state index >= 15 is 0 Å².